The molecule has 1 aromatic rings. The van der Waals surface area contributed by atoms with Crippen molar-refractivity contribution < 1.29 is 34.1 Å². The van der Waals surface area contributed by atoms with Crippen molar-refractivity contribution in [3.05, 3.63) is 22.8 Å². The van der Waals surface area contributed by atoms with Gasteiger partial charge in [0, 0.05) is 5.56 Å². The fraction of sp³-hybridized carbons (Fsp3) is 0.471. The van der Waals surface area contributed by atoms with E-state index in [0.717, 1.165) is 0 Å². The second-order valence-electron chi connectivity index (χ2n) is 4.94. The van der Waals surface area contributed by atoms with Gasteiger partial charge in [0.05, 0.1) is 31.9 Å². The van der Waals surface area contributed by atoms with Crippen LogP contribution in [0.5, 0.6) is 11.5 Å². The molecule has 0 atom stereocenters. The van der Waals surface area contributed by atoms with E-state index in [1.807, 2.05) is 0 Å². The number of phenolic OH excluding ortho intramolecular Hbond substituents is 2. The third kappa shape index (κ3) is 8.16. The minimum Gasteiger partial charge on any atom is -0.507 e. The summed E-state index contributed by atoms with van der Waals surface area (Å²) in [6, 6.07) is 1.45. The summed E-state index contributed by atoms with van der Waals surface area (Å²) in [5, 5.41) is 21.2. The summed E-state index contributed by atoms with van der Waals surface area (Å²) < 4.78 is 9.26. The van der Waals surface area contributed by atoms with E-state index in [9.17, 15) is 24.6 Å². The van der Waals surface area contributed by atoms with E-state index in [4.69, 9.17) is 0 Å². The Labute approximate surface area is 146 Å². The monoisotopic (exact) mass is 355 g/mol. The van der Waals surface area contributed by atoms with E-state index in [2.05, 4.69) is 14.8 Å². The van der Waals surface area contributed by atoms with E-state index >= 15 is 0 Å². The first kappa shape index (κ1) is 22.4. The quantitative estimate of drug-likeness (QED) is 0.493. The van der Waals surface area contributed by atoms with Gasteiger partial charge in [-0.25, -0.2) is 0 Å². The van der Waals surface area contributed by atoms with Crippen molar-refractivity contribution >= 4 is 18.2 Å². The van der Waals surface area contributed by atoms with Gasteiger partial charge in [0.1, 0.15) is 11.5 Å². The maximum atomic E-state index is 10.7. The fourth-order valence-electron chi connectivity index (χ4n) is 1.77. The Morgan fingerprint density at radius 1 is 1.04 bits per heavy atom. The summed E-state index contributed by atoms with van der Waals surface area (Å²) in [7, 11) is 0. The van der Waals surface area contributed by atoms with Gasteiger partial charge in [-0.05, 0) is 39.3 Å². The number of ether oxygens (including phenoxy) is 2. The second kappa shape index (κ2) is 11.9. The lowest BCUT2D eigenvalue weighted by Crippen LogP contribution is -2.30. The number of hydrogen-bond acceptors (Lipinski definition) is 8. The van der Waals surface area contributed by atoms with Crippen LogP contribution in [0.4, 0.5) is 0 Å². The van der Waals surface area contributed by atoms with Crippen molar-refractivity contribution in [1.82, 2.24) is 5.32 Å². The number of phenols is 2. The number of carbonyl (C=O) groups is 3. The molecule has 25 heavy (non-hydrogen) atoms. The molecule has 3 N–H and O–H groups in total. The standard InChI is InChI=1S/C9H10O3.C8H15NO4/c1-5-3-7(4-10)9(12)6(2)8(5)11;1-3-12-7(10)5-9-6-8(11)13-4-2/h3-4,11-12H,1-2H3;9H,3-6H2,1-2H3. The Balaban J connectivity index is 0.000000462. The van der Waals surface area contributed by atoms with Crippen molar-refractivity contribution in [1.29, 1.82) is 0 Å². The number of esters is 2. The Hall–Kier alpha value is -2.61. The number of nitrogens with one attached hydrogen (secondary N) is 1. The van der Waals surface area contributed by atoms with Crippen molar-refractivity contribution in [2.24, 2.45) is 0 Å². The van der Waals surface area contributed by atoms with Crippen molar-refractivity contribution in [3.63, 3.8) is 0 Å². The molecule has 1 aromatic carbocycles. The molecule has 1 rings (SSSR count). The molecular weight excluding hydrogens is 330 g/mol. The topological polar surface area (TPSA) is 122 Å². The average Bonchev–Trinajstić information content (AvgIpc) is 2.57. The van der Waals surface area contributed by atoms with Crippen LogP contribution in [0.2, 0.25) is 0 Å². The lowest BCUT2D eigenvalue weighted by atomic mass is 10.1. The molecule has 0 aliphatic carbocycles. The van der Waals surface area contributed by atoms with E-state index in [-0.39, 0.29) is 42.1 Å². The zero-order chi connectivity index (χ0) is 19.4. The molecule has 0 fully saturated rings. The fourth-order valence-corrected chi connectivity index (χ4v) is 1.77. The largest absolute Gasteiger partial charge is 0.507 e. The first-order valence-corrected chi connectivity index (χ1v) is 7.77. The molecule has 0 saturated carbocycles. The highest BCUT2D eigenvalue weighted by atomic mass is 16.5. The van der Waals surface area contributed by atoms with Gasteiger partial charge in [0.25, 0.3) is 0 Å². The van der Waals surface area contributed by atoms with Gasteiger partial charge in [-0.15, -0.1) is 0 Å². The van der Waals surface area contributed by atoms with Crippen molar-refractivity contribution in [2.45, 2.75) is 27.7 Å². The summed E-state index contributed by atoms with van der Waals surface area (Å²) in [6.07, 6.45) is 0.564. The van der Waals surface area contributed by atoms with Gasteiger partial charge in [-0.3, -0.25) is 19.7 Å². The number of benzene rings is 1. The molecule has 8 heteroatoms. The molecule has 140 valence electrons. The zero-order valence-electron chi connectivity index (χ0n) is 14.9. The highest BCUT2D eigenvalue weighted by molar-refractivity contribution is 5.81. The predicted octanol–water partition coefficient (Wildman–Crippen LogP) is 1.23. The van der Waals surface area contributed by atoms with Crippen molar-refractivity contribution in [2.75, 3.05) is 26.3 Å². The third-order valence-corrected chi connectivity index (χ3v) is 3.01. The minimum absolute atomic E-state index is 0.0344. The number of aldehydes is 1. The number of hydrogen-bond donors (Lipinski definition) is 3. The number of aromatic hydroxyl groups is 2. The van der Waals surface area contributed by atoms with Crippen LogP contribution in [0.1, 0.15) is 35.3 Å². The predicted molar refractivity (Wildman–Crippen MR) is 90.8 cm³/mol. The van der Waals surface area contributed by atoms with Gasteiger partial charge in [-0.2, -0.15) is 0 Å². The molecular formula is C17H25NO7. The van der Waals surface area contributed by atoms with Crippen LogP contribution in [0.3, 0.4) is 0 Å². The van der Waals surface area contributed by atoms with Gasteiger partial charge < -0.3 is 19.7 Å². The Bertz CT molecular complexity index is 581. The molecule has 0 aliphatic heterocycles. The second-order valence-corrected chi connectivity index (χ2v) is 4.94. The lowest BCUT2D eigenvalue weighted by Gasteiger charge is -2.06. The zero-order valence-corrected chi connectivity index (χ0v) is 14.9. The normalized spacial score (nSPS) is 9.60. The van der Waals surface area contributed by atoms with E-state index in [1.54, 1.807) is 27.7 Å². The summed E-state index contributed by atoms with van der Waals surface area (Å²) in [5.41, 5.74) is 1.15. The highest BCUT2D eigenvalue weighted by Gasteiger charge is 2.10. The van der Waals surface area contributed by atoms with Crippen LogP contribution in [0, 0.1) is 13.8 Å². The molecule has 0 unspecified atom stereocenters. The first-order chi connectivity index (χ1) is 11.8. The average molecular weight is 355 g/mol. The molecule has 0 aliphatic rings. The Morgan fingerprint density at radius 3 is 1.92 bits per heavy atom. The molecule has 8 nitrogen and oxygen atoms in total. The number of carbonyl (C=O) groups excluding carboxylic acids is 3. The van der Waals surface area contributed by atoms with Gasteiger partial charge in [0.2, 0.25) is 0 Å². The highest BCUT2D eigenvalue weighted by Crippen LogP contribution is 2.31. The van der Waals surface area contributed by atoms with E-state index < -0.39 is 0 Å². The lowest BCUT2D eigenvalue weighted by molar-refractivity contribution is -0.143. The van der Waals surface area contributed by atoms with Crippen LogP contribution < -0.4 is 5.32 Å². The minimum atomic E-state index is -0.369. The van der Waals surface area contributed by atoms with E-state index in [0.29, 0.717) is 30.6 Å². The first-order valence-electron chi connectivity index (χ1n) is 7.77. The molecule has 0 amide bonds. The maximum absolute atomic E-state index is 10.7. The third-order valence-electron chi connectivity index (χ3n) is 3.01. The number of rotatable bonds is 7. The van der Waals surface area contributed by atoms with Gasteiger partial charge >= 0.3 is 11.9 Å². The Kier molecular flexibility index (Phi) is 10.6. The van der Waals surface area contributed by atoms with Crippen molar-refractivity contribution in [3.8, 4) is 11.5 Å². The maximum Gasteiger partial charge on any atom is 0.319 e. The van der Waals surface area contributed by atoms with E-state index in [1.165, 1.54) is 6.07 Å². The van der Waals surface area contributed by atoms with Crippen LogP contribution in [-0.2, 0) is 19.1 Å². The Morgan fingerprint density at radius 2 is 1.52 bits per heavy atom. The summed E-state index contributed by atoms with van der Waals surface area (Å²) >= 11 is 0. The van der Waals surface area contributed by atoms with Gasteiger partial charge in [-0.1, -0.05) is 0 Å². The molecule has 0 heterocycles. The van der Waals surface area contributed by atoms with Gasteiger partial charge in [0.15, 0.2) is 6.29 Å². The summed E-state index contributed by atoms with van der Waals surface area (Å²) in [5.74, 6) is -0.843. The van der Waals surface area contributed by atoms with Crippen LogP contribution in [0.15, 0.2) is 6.07 Å². The molecule has 0 bridgehead atoms. The number of aryl methyl sites for hydroxylation is 1. The van der Waals surface area contributed by atoms with Crippen LogP contribution >= 0.6 is 0 Å². The molecule has 0 spiro atoms. The smallest absolute Gasteiger partial charge is 0.319 e. The molecule has 0 radical (unpaired) electrons. The van der Waals surface area contributed by atoms with Crippen LogP contribution in [-0.4, -0.2) is 54.7 Å². The summed E-state index contributed by atoms with van der Waals surface area (Å²) in [4.78, 5) is 31.9. The summed E-state index contributed by atoms with van der Waals surface area (Å²) in [6.45, 7) is 7.45. The molecule has 0 saturated heterocycles. The molecule has 0 aromatic heterocycles. The SMILES string of the molecule is CCOC(=O)CNCC(=O)OCC.Cc1cc(C=O)c(O)c(C)c1O. The van der Waals surface area contributed by atoms with Crippen LogP contribution in [0.25, 0.3) is 0 Å².